The zero-order valence-electron chi connectivity index (χ0n) is 11.8. The molecule has 0 saturated heterocycles. The van der Waals surface area contributed by atoms with Crippen LogP contribution >= 0.6 is 0 Å². The van der Waals surface area contributed by atoms with Crippen LogP contribution in [0.5, 0.6) is 0 Å². The second-order valence-electron chi connectivity index (χ2n) is 4.91. The number of aryl methyl sites for hydroxylation is 1. The minimum absolute atomic E-state index is 0.259. The highest BCUT2D eigenvalue weighted by atomic mass is 19.1. The molecular formula is C16H16F2N2O. The molecule has 0 spiro atoms. The fourth-order valence-electron chi connectivity index (χ4n) is 2.16. The van der Waals surface area contributed by atoms with Crippen molar-refractivity contribution in [1.82, 2.24) is 5.32 Å². The van der Waals surface area contributed by atoms with Crippen LogP contribution in [0.2, 0.25) is 0 Å². The van der Waals surface area contributed by atoms with E-state index in [1.807, 2.05) is 31.2 Å². The maximum atomic E-state index is 13.7. The van der Waals surface area contributed by atoms with Crippen molar-refractivity contribution >= 4 is 11.6 Å². The minimum Gasteiger partial charge on any atom is -0.396 e. The first-order valence-corrected chi connectivity index (χ1v) is 6.51. The van der Waals surface area contributed by atoms with Crippen molar-refractivity contribution in [1.29, 1.82) is 0 Å². The van der Waals surface area contributed by atoms with E-state index >= 15 is 0 Å². The summed E-state index contributed by atoms with van der Waals surface area (Å²) in [7, 11) is 0. The Morgan fingerprint density at radius 2 is 1.86 bits per heavy atom. The van der Waals surface area contributed by atoms with Gasteiger partial charge >= 0.3 is 0 Å². The first-order chi connectivity index (χ1) is 9.90. The topological polar surface area (TPSA) is 55.1 Å². The van der Waals surface area contributed by atoms with Gasteiger partial charge in [-0.25, -0.2) is 8.78 Å². The molecule has 21 heavy (non-hydrogen) atoms. The maximum Gasteiger partial charge on any atom is 0.254 e. The van der Waals surface area contributed by atoms with E-state index in [9.17, 15) is 13.6 Å². The van der Waals surface area contributed by atoms with Crippen molar-refractivity contribution < 1.29 is 13.6 Å². The number of anilines is 1. The van der Waals surface area contributed by atoms with E-state index in [-0.39, 0.29) is 17.3 Å². The van der Waals surface area contributed by atoms with E-state index in [0.717, 1.165) is 17.2 Å². The number of amides is 1. The lowest BCUT2D eigenvalue weighted by Gasteiger charge is -2.17. The molecule has 3 N–H and O–H groups in total. The third-order valence-electron chi connectivity index (χ3n) is 3.33. The summed E-state index contributed by atoms with van der Waals surface area (Å²) < 4.78 is 26.8. The van der Waals surface area contributed by atoms with E-state index in [0.29, 0.717) is 6.07 Å². The average Bonchev–Trinajstić information content (AvgIpc) is 2.43. The molecule has 5 heteroatoms. The fraction of sp³-hybridized carbons (Fsp3) is 0.188. The van der Waals surface area contributed by atoms with E-state index in [1.54, 1.807) is 6.92 Å². The van der Waals surface area contributed by atoms with Gasteiger partial charge in [-0.1, -0.05) is 24.3 Å². The summed E-state index contributed by atoms with van der Waals surface area (Å²) in [5.74, 6) is -2.44. The first-order valence-electron chi connectivity index (χ1n) is 6.51. The van der Waals surface area contributed by atoms with Crippen LogP contribution in [0.1, 0.15) is 34.5 Å². The van der Waals surface area contributed by atoms with E-state index < -0.39 is 17.5 Å². The quantitative estimate of drug-likeness (QED) is 0.852. The smallest absolute Gasteiger partial charge is 0.254 e. The molecule has 110 valence electrons. The molecule has 0 aliphatic rings. The maximum absolute atomic E-state index is 13.7. The van der Waals surface area contributed by atoms with Crippen LogP contribution in [0, 0.1) is 18.6 Å². The predicted molar refractivity (Wildman–Crippen MR) is 77.8 cm³/mol. The number of benzene rings is 2. The second kappa shape index (κ2) is 5.91. The third kappa shape index (κ3) is 3.18. The summed E-state index contributed by atoms with van der Waals surface area (Å²) >= 11 is 0. The summed E-state index contributed by atoms with van der Waals surface area (Å²) in [6.45, 7) is 3.72. The lowest BCUT2D eigenvalue weighted by Crippen LogP contribution is -2.28. The van der Waals surface area contributed by atoms with E-state index in [1.165, 1.54) is 0 Å². The van der Waals surface area contributed by atoms with Gasteiger partial charge in [-0.2, -0.15) is 0 Å². The first kappa shape index (κ1) is 15.0. The van der Waals surface area contributed by atoms with Gasteiger partial charge < -0.3 is 11.1 Å². The number of hydrogen-bond acceptors (Lipinski definition) is 2. The highest BCUT2D eigenvalue weighted by Gasteiger charge is 2.18. The molecule has 1 atom stereocenters. The number of halogens is 2. The number of carbonyl (C=O) groups is 1. The molecule has 0 radical (unpaired) electrons. The Morgan fingerprint density at radius 1 is 1.19 bits per heavy atom. The molecule has 0 saturated carbocycles. The van der Waals surface area contributed by atoms with Crippen LogP contribution < -0.4 is 11.1 Å². The standard InChI is InChI=1S/C16H16F2N2O/c1-9-5-3-4-6-11(9)10(2)20-16(21)12-7-15(19)14(18)8-13(12)17/h3-8,10H,19H2,1-2H3,(H,20,21). The molecule has 2 rings (SSSR count). The number of rotatable bonds is 3. The van der Waals surface area contributed by atoms with Gasteiger partial charge in [-0.3, -0.25) is 4.79 Å². The molecule has 0 fully saturated rings. The van der Waals surface area contributed by atoms with Crippen molar-refractivity contribution in [2.24, 2.45) is 0 Å². The number of hydrogen-bond donors (Lipinski definition) is 2. The van der Waals surface area contributed by atoms with Gasteiger partial charge in [0.15, 0.2) is 0 Å². The Balaban J connectivity index is 2.22. The van der Waals surface area contributed by atoms with Crippen molar-refractivity contribution in [3.8, 4) is 0 Å². The minimum atomic E-state index is -0.934. The van der Waals surface area contributed by atoms with Crippen LogP contribution in [0.3, 0.4) is 0 Å². The second-order valence-corrected chi connectivity index (χ2v) is 4.91. The molecule has 0 aromatic heterocycles. The molecule has 0 bridgehead atoms. The average molecular weight is 290 g/mol. The SMILES string of the molecule is Cc1ccccc1C(C)NC(=O)c1cc(N)c(F)cc1F. The third-order valence-corrected chi connectivity index (χ3v) is 3.33. The van der Waals surface area contributed by atoms with Gasteiger partial charge in [-0.05, 0) is 31.0 Å². The Morgan fingerprint density at radius 3 is 2.52 bits per heavy atom. The zero-order chi connectivity index (χ0) is 15.6. The predicted octanol–water partition coefficient (Wildman–Crippen LogP) is 3.35. The van der Waals surface area contributed by atoms with Crippen LogP contribution in [0.25, 0.3) is 0 Å². The molecule has 2 aromatic rings. The molecule has 1 amide bonds. The molecule has 3 nitrogen and oxygen atoms in total. The molecule has 0 aliphatic carbocycles. The summed E-state index contributed by atoms with van der Waals surface area (Å²) in [5.41, 5.74) is 6.79. The van der Waals surface area contributed by atoms with Crippen molar-refractivity contribution in [3.05, 3.63) is 64.7 Å². The Labute approximate surface area is 121 Å². The molecule has 2 aromatic carbocycles. The normalized spacial score (nSPS) is 12.0. The highest BCUT2D eigenvalue weighted by molar-refractivity contribution is 5.95. The van der Waals surface area contributed by atoms with Crippen LogP contribution in [0.4, 0.5) is 14.5 Å². The van der Waals surface area contributed by atoms with Crippen molar-refractivity contribution in [2.45, 2.75) is 19.9 Å². The number of nitrogen functional groups attached to an aromatic ring is 1. The number of nitrogens with two attached hydrogens (primary N) is 1. The largest absolute Gasteiger partial charge is 0.396 e. The summed E-state index contributed by atoms with van der Waals surface area (Å²) in [5, 5.41) is 2.68. The molecule has 0 aliphatic heterocycles. The van der Waals surface area contributed by atoms with Crippen molar-refractivity contribution in [2.75, 3.05) is 5.73 Å². The molecule has 1 unspecified atom stereocenters. The van der Waals surface area contributed by atoms with Crippen LogP contribution in [-0.4, -0.2) is 5.91 Å². The Bertz CT molecular complexity index is 686. The van der Waals surface area contributed by atoms with Crippen LogP contribution in [0.15, 0.2) is 36.4 Å². The Hall–Kier alpha value is -2.43. The fourth-order valence-corrected chi connectivity index (χ4v) is 2.16. The summed E-state index contributed by atoms with van der Waals surface area (Å²) in [4.78, 5) is 12.1. The van der Waals surface area contributed by atoms with Gasteiger partial charge in [0.1, 0.15) is 11.6 Å². The monoisotopic (exact) mass is 290 g/mol. The lowest BCUT2D eigenvalue weighted by atomic mass is 10.0. The van der Waals surface area contributed by atoms with Gasteiger partial charge in [0.2, 0.25) is 0 Å². The Kier molecular flexibility index (Phi) is 4.21. The number of carbonyl (C=O) groups excluding carboxylic acids is 1. The van der Waals surface area contributed by atoms with E-state index in [2.05, 4.69) is 5.32 Å². The summed E-state index contributed by atoms with van der Waals surface area (Å²) in [6, 6.07) is 8.89. The zero-order valence-corrected chi connectivity index (χ0v) is 11.8. The van der Waals surface area contributed by atoms with Crippen molar-refractivity contribution in [3.63, 3.8) is 0 Å². The lowest BCUT2D eigenvalue weighted by molar-refractivity contribution is 0.0935. The molecule has 0 heterocycles. The number of nitrogens with one attached hydrogen (secondary N) is 1. The van der Waals surface area contributed by atoms with Crippen LogP contribution in [-0.2, 0) is 0 Å². The molecular weight excluding hydrogens is 274 g/mol. The summed E-state index contributed by atoms with van der Waals surface area (Å²) in [6.07, 6.45) is 0. The van der Waals surface area contributed by atoms with Gasteiger partial charge in [0.05, 0.1) is 17.3 Å². The highest BCUT2D eigenvalue weighted by Crippen LogP contribution is 2.20. The van der Waals surface area contributed by atoms with E-state index in [4.69, 9.17) is 5.73 Å². The van der Waals surface area contributed by atoms with Gasteiger partial charge in [0, 0.05) is 6.07 Å². The van der Waals surface area contributed by atoms with Gasteiger partial charge in [0.25, 0.3) is 5.91 Å². The van der Waals surface area contributed by atoms with Gasteiger partial charge in [-0.15, -0.1) is 0 Å².